The zero-order chi connectivity index (χ0) is 6.78. The van der Waals surface area contributed by atoms with E-state index >= 15 is 0 Å². The van der Waals surface area contributed by atoms with Crippen LogP contribution in [-0.4, -0.2) is 23.1 Å². The highest BCUT2D eigenvalue weighted by molar-refractivity contribution is 7.98. The van der Waals surface area contributed by atoms with Gasteiger partial charge in [0.1, 0.15) is 0 Å². The molecule has 2 heteroatoms. The first kappa shape index (κ1) is 8.31. The van der Waals surface area contributed by atoms with Crippen molar-refractivity contribution in [1.29, 1.82) is 0 Å². The molecule has 0 saturated heterocycles. The van der Waals surface area contributed by atoms with Gasteiger partial charge in [-0.3, -0.25) is 4.31 Å². The maximum absolute atomic E-state index is 2.21. The smallest absolute Gasteiger partial charge is 0.0222 e. The zero-order valence-corrected chi connectivity index (χ0v) is 7.17. The molecule has 0 spiro atoms. The second kappa shape index (κ2) is 2.74. The van der Waals surface area contributed by atoms with Crippen molar-refractivity contribution < 1.29 is 0 Å². The van der Waals surface area contributed by atoms with Crippen LogP contribution < -0.4 is 0 Å². The van der Waals surface area contributed by atoms with Gasteiger partial charge in [0.2, 0.25) is 0 Å². The summed E-state index contributed by atoms with van der Waals surface area (Å²) in [6.07, 6.45) is 0. The lowest BCUT2D eigenvalue weighted by Crippen LogP contribution is -2.15. The van der Waals surface area contributed by atoms with E-state index in [4.69, 9.17) is 0 Å². The van der Waals surface area contributed by atoms with Crippen molar-refractivity contribution in [1.82, 2.24) is 4.31 Å². The van der Waals surface area contributed by atoms with Crippen molar-refractivity contribution in [2.24, 2.45) is 0 Å². The fourth-order valence-electron chi connectivity index (χ4n) is 0.548. The van der Waals surface area contributed by atoms with Gasteiger partial charge < -0.3 is 0 Å². The third kappa shape index (κ3) is 6.31. The summed E-state index contributed by atoms with van der Waals surface area (Å²) < 4.78 is 2.49. The molecule has 0 bridgehead atoms. The van der Waals surface area contributed by atoms with Crippen LogP contribution in [0.3, 0.4) is 0 Å². The van der Waals surface area contributed by atoms with E-state index in [1.165, 1.54) is 0 Å². The van der Waals surface area contributed by atoms with Gasteiger partial charge in [0.15, 0.2) is 0 Å². The van der Waals surface area contributed by atoms with Gasteiger partial charge in [-0.2, -0.15) is 0 Å². The van der Waals surface area contributed by atoms with E-state index in [0.717, 1.165) is 0 Å². The molecular formula is C6H15NS. The van der Waals surface area contributed by atoms with Crippen LogP contribution in [0, 0.1) is 0 Å². The van der Waals surface area contributed by atoms with Crippen LogP contribution in [-0.2, 0) is 0 Å². The molecule has 0 aliphatic carbocycles. The van der Waals surface area contributed by atoms with E-state index in [0.29, 0.717) is 4.75 Å². The van der Waals surface area contributed by atoms with Gasteiger partial charge in [0, 0.05) is 4.75 Å². The van der Waals surface area contributed by atoms with E-state index < -0.39 is 0 Å². The van der Waals surface area contributed by atoms with E-state index in [9.17, 15) is 0 Å². The Balaban J connectivity index is 3.39. The highest BCUT2D eigenvalue weighted by Gasteiger charge is 2.10. The molecule has 0 rings (SSSR count). The van der Waals surface area contributed by atoms with Gasteiger partial charge in [0.05, 0.1) is 0 Å². The summed E-state index contributed by atoms with van der Waals surface area (Å²) in [6, 6.07) is 0. The summed E-state index contributed by atoms with van der Waals surface area (Å²) in [5, 5.41) is 0. The Bertz CT molecular complexity index is 63.4. The molecule has 0 atom stereocenters. The van der Waals surface area contributed by atoms with Crippen LogP contribution in [0.4, 0.5) is 0 Å². The molecule has 0 heterocycles. The lowest BCUT2D eigenvalue weighted by molar-refractivity contribution is 0.666. The van der Waals surface area contributed by atoms with Crippen LogP contribution in [0.5, 0.6) is 0 Å². The summed E-state index contributed by atoms with van der Waals surface area (Å²) in [4.78, 5) is 0. The Kier molecular flexibility index (Phi) is 2.84. The standard InChI is InChI=1S/C6H15NS/c1-6(2,3)8-7(4)5/h1-5H3. The second-order valence-corrected chi connectivity index (χ2v) is 5.15. The quantitative estimate of drug-likeness (QED) is 0.503. The molecule has 1 nitrogen and oxygen atoms in total. The van der Waals surface area contributed by atoms with Crippen LogP contribution >= 0.6 is 11.9 Å². The lowest BCUT2D eigenvalue weighted by atomic mass is 10.3. The third-order valence-corrected chi connectivity index (χ3v) is 1.37. The molecule has 0 aliphatic heterocycles. The third-order valence-electron chi connectivity index (χ3n) is 0.456. The van der Waals surface area contributed by atoms with Crippen LogP contribution in [0.15, 0.2) is 0 Å². The summed E-state index contributed by atoms with van der Waals surface area (Å²) in [5.41, 5.74) is 0. The van der Waals surface area contributed by atoms with Gasteiger partial charge >= 0.3 is 0 Å². The topological polar surface area (TPSA) is 3.24 Å². The molecule has 0 aromatic carbocycles. The van der Waals surface area contributed by atoms with Gasteiger partial charge in [-0.1, -0.05) is 11.9 Å². The molecule has 0 amide bonds. The first-order valence-corrected chi connectivity index (χ1v) is 3.55. The van der Waals surface area contributed by atoms with Crippen molar-refractivity contribution >= 4 is 11.9 Å². The normalized spacial score (nSPS) is 12.8. The Morgan fingerprint density at radius 1 is 1.12 bits per heavy atom. The maximum Gasteiger partial charge on any atom is 0.0222 e. The minimum atomic E-state index is 0.365. The first-order valence-electron chi connectivity index (χ1n) is 2.78. The van der Waals surface area contributed by atoms with E-state index in [1.807, 2.05) is 11.9 Å². The van der Waals surface area contributed by atoms with Gasteiger partial charge in [-0.05, 0) is 34.9 Å². The van der Waals surface area contributed by atoms with Crippen LogP contribution in [0.1, 0.15) is 20.8 Å². The monoisotopic (exact) mass is 133 g/mol. The molecule has 0 aliphatic rings. The van der Waals surface area contributed by atoms with Crippen LogP contribution in [0.25, 0.3) is 0 Å². The molecule has 0 radical (unpaired) electrons. The van der Waals surface area contributed by atoms with Crippen molar-refractivity contribution in [3.8, 4) is 0 Å². The Labute approximate surface area is 56.6 Å². The minimum Gasteiger partial charge on any atom is -0.256 e. The summed E-state index contributed by atoms with van der Waals surface area (Å²) in [7, 11) is 4.13. The number of hydrogen-bond acceptors (Lipinski definition) is 2. The number of nitrogens with zero attached hydrogens (tertiary/aromatic N) is 1. The second-order valence-electron chi connectivity index (χ2n) is 3.02. The highest BCUT2D eigenvalue weighted by atomic mass is 32.2. The van der Waals surface area contributed by atoms with Gasteiger partial charge in [0.25, 0.3) is 0 Å². The van der Waals surface area contributed by atoms with Crippen molar-refractivity contribution in [3.63, 3.8) is 0 Å². The largest absolute Gasteiger partial charge is 0.256 e. The van der Waals surface area contributed by atoms with Crippen LogP contribution in [0.2, 0.25) is 0 Å². The molecule has 0 fully saturated rings. The summed E-state index contributed by atoms with van der Waals surface area (Å²) in [5.74, 6) is 0. The lowest BCUT2D eigenvalue weighted by Gasteiger charge is -2.21. The highest BCUT2D eigenvalue weighted by Crippen LogP contribution is 2.23. The molecule has 0 saturated carbocycles. The number of rotatable bonds is 1. The first-order chi connectivity index (χ1) is 3.42. The molecule has 0 unspecified atom stereocenters. The van der Waals surface area contributed by atoms with Crippen molar-refractivity contribution in [2.45, 2.75) is 25.5 Å². The Hall–Kier alpha value is 0.310. The fraction of sp³-hybridized carbons (Fsp3) is 1.00. The molecule has 50 valence electrons. The SMILES string of the molecule is CN(C)SC(C)(C)C. The summed E-state index contributed by atoms with van der Waals surface area (Å²) >= 11 is 1.84. The van der Waals surface area contributed by atoms with Crippen molar-refractivity contribution in [2.75, 3.05) is 14.1 Å². The molecule has 0 aromatic heterocycles. The minimum absolute atomic E-state index is 0.365. The Morgan fingerprint density at radius 3 is 1.50 bits per heavy atom. The van der Waals surface area contributed by atoms with E-state index in [2.05, 4.69) is 39.2 Å². The Morgan fingerprint density at radius 2 is 1.50 bits per heavy atom. The molecular weight excluding hydrogens is 118 g/mol. The zero-order valence-electron chi connectivity index (χ0n) is 6.36. The van der Waals surface area contributed by atoms with Gasteiger partial charge in [-0.15, -0.1) is 0 Å². The molecule has 0 aromatic rings. The average Bonchev–Trinajstić information content (AvgIpc) is 1.21. The molecule has 8 heavy (non-hydrogen) atoms. The fourth-order valence-corrected chi connectivity index (χ4v) is 1.64. The average molecular weight is 133 g/mol. The van der Waals surface area contributed by atoms with E-state index in [1.54, 1.807) is 0 Å². The van der Waals surface area contributed by atoms with Crippen molar-refractivity contribution in [3.05, 3.63) is 0 Å². The predicted molar refractivity (Wildman–Crippen MR) is 41.0 cm³/mol. The van der Waals surface area contributed by atoms with E-state index in [-0.39, 0.29) is 0 Å². The predicted octanol–water partition coefficient (Wildman–Crippen LogP) is 1.99. The molecule has 0 N–H and O–H groups in total. The maximum atomic E-state index is 2.21. The number of hydrogen-bond donors (Lipinski definition) is 0. The summed E-state index contributed by atoms with van der Waals surface area (Å²) in [6.45, 7) is 6.62. The van der Waals surface area contributed by atoms with Gasteiger partial charge in [-0.25, -0.2) is 0 Å².